The second-order valence-electron chi connectivity index (χ2n) is 8.86. The Labute approximate surface area is 200 Å². The van der Waals surface area contributed by atoms with Gasteiger partial charge in [-0.3, -0.25) is 9.59 Å². The molecule has 182 valence electrons. The Morgan fingerprint density at radius 1 is 1.21 bits per heavy atom. The number of rotatable bonds is 9. The summed E-state index contributed by atoms with van der Waals surface area (Å²) in [6, 6.07) is 5.64. The summed E-state index contributed by atoms with van der Waals surface area (Å²) in [6.45, 7) is 14.2. The Bertz CT molecular complexity index is 1130. The minimum absolute atomic E-state index is 0.0398. The van der Waals surface area contributed by atoms with Crippen molar-refractivity contribution < 1.29 is 14.3 Å². The van der Waals surface area contributed by atoms with Crippen LogP contribution in [0.2, 0.25) is 0 Å². The monoisotopic (exact) mass is 467 g/mol. The normalized spacial score (nSPS) is 11.4. The van der Waals surface area contributed by atoms with Crippen LogP contribution in [0.4, 0.5) is 22.9 Å². The van der Waals surface area contributed by atoms with Gasteiger partial charge in [0.25, 0.3) is 0 Å². The average molecular weight is 468 g/mol. The van der Waals surface area contributed by atoms with Crippen LogP contribution in [0.25, 0.3) is 0 Å². The van der Waals surface area contributed by atoms with Crippen molar-refractivity contribution >= 4 is 34.6 Å². The highest BCUT2D eigenvalue weighted by Gasteiger charge is 2.27. The second-order valence-corrected chi connectivity index (χ2v) is 8.86. The number of azo groups is 1. The van der Waals surface area contributed by atoms with Crippen molar-refractivity contribution in [1.29, 1.82) is 5.26 Å². The molecule has 1 N–H and O–H groups in total. The molecule has 0 aliphatic rings. The Kier molecular flexibility index (Phi) is 8.51. The largest absolute Gasteiger partial charge is 0.494 e. The zero-order valence-corrected chi connectivity index (χ0v) is 21.2. The number of benzene rings is 1. The van der Waals surface area contributed by atoms with E-state index in [1.165, 1.54) is 18.5 Å². The summed E-state index contributed by atoms with van der Waals surface area (Å²) in [6.07, 6.45) is 0. The van der Waals surface area contributed by atoms with E-state index in [9.17, 15) is 14.9 Å². The van der Waals surface area contributed by atoms with E-state index < -0.39 is 5.41 Å². The zero-order valence-electron chi connectivity index (χ0n) is 21.2. The molecule has 2 aromatic rings. The number of carbonyl (C=O) groups is 2. The number of hydrogen-bond acceptors (Lipinski definition) is 8. The van der Waals surface area contributed by atoms with Crippen LogP contribution in [0.15, 0.2) is 22.4 Å². The van der Waals surface area contributed by atoms with Gasteiger partial charge < -0.3 is 15.0 Å². The SMILES string of the molecule is CCN(CC)c1cc(NC(C)=O)c(/N=N/c2c(C#N)c(C(C)(C)C)nn2CC(C)=O)cc1OC. The minimum atomic E-state index is -0.437. The summed E-state index contributed by atoms with van der Waals surface area (Å²) in [5.74, 6) is 0.359. The van der Waals surface area contributed by atoms with Gasteiger partial charge in [-0.15, -0.1) is 10.2 Å². The predicted molar refractivity (Wildman–Crippen MR) is 131 cm³/mol. The third kappa shape index (κ3) is 5.98. The van der Waals surface area contributed by atoms with Gasteiger partial charge in [-0.05, 0) is 26.8 Å². The molecule has 0 unspecified atom stereocenters. The first-order chi connectivity index (χ1) is 16.0. The molecule has 0 radical (unpaired) electrons. The molecule has 0 saturated heterocycles. The lowest BCUT2D eigenvalue weighted by Gasteiger charge is -2.24. The fourth-order valence-corrected chi connectivity index (χ4v) is 3.51. The summed E-state index contributed by atoms with van der Waals surface area (Å²) in [7, 11) is 1.56. The first-order valence-electron chi connectivity index (χ1n) is 11.1. The molecule has 0 fully saturated rings. The molecule has 10 nitrogen and oxygen atoms in total. The van der Waals surface area contributed by atoms with Crippen molar-refractivity contribution in [2.75, 3.05) is 30.4 Å². The van der Waals surface area contributed by atoms with Gasteiger partial charge in [0.15, 0.2) is 11.6 Å². The van der Waals surface area contributed by atoms with Gasteiger partial charge in [-0.25, -0.2) is 4.68 Å². The lowest BCUT2D eigenvalue weighted by Crippen LogP contribution is -2.22. The third-order valence-electron chi connectivity index (χ3n) is 5.08. The molecule has 0 atom stereocenters. The lowest BCUT2D eigenvalue weighted by atomic mass is 9.90. The maximum atomic E-state index is 11.9. The van der Waals surface area contributed by atoms with E-state index in [1.807, 2.05) is 34.6 Å². The Morgan fingerprint density at radius 2 is 1.85 bits per heavy atom. The molecule has 2 rings (SSSR count). The number of methoxy groups -OCH3 is 1. The number of ketones is 1. The van der Waals surface area contributed by atoms with Crippen LogP contribution in [-0.2, 0) is 21.5 Å². The van der Waals surface area contributed by atoms with Gasteiger partial charge >= 0.3 is 0 Å². The fraction of sp³-hybridized carbons (Fsp3) is 0.500. The van der Waals surface area contributed by atoms with Gasteiger partial charge in [0.1, 0.15) is 29.6 Å². The van der Waals surface area contributed by atoms with Crippen molar-refractivity contribution in [2.45, 2.75) is 60.4 Å². The van der Waals surface area contributed by atoms with E-state index >= 15 is 0 Å². The number of carbonyl (C=O) groups excluding carboxylic acids is 2. The Balaban J connectivity index is 2.72. The minimum Gasteiger partial charge on any atom is -0.494 e. The van der Waals surface area contributed by atoms with E-state index in [2.05, 4.69) is 31.6 Å². The molecule has 1 heterocycles. The average Bonchev–Trinajstić information content (AvgIpc) is 3.10. The van der Waals surface area contributed by atoms with E-state index in [0.717, 1.165) is 18.8 Å². The molecule has 0 bridgehead atoms. The van der Waals surface area contributed by atoms with Crippen LogP contribution in [0.5, 0.6) is 5.75 Å². The number of anilines is 2. The number of hydrogen-bond donors (Lipinski definition) is 1. The molecule has 0 aliphatic heterocycles. The van der Waals surface area contributed by atoms with Gasteiger partial charge in [-0.1, -0.05) is 20.8 Å². The maximum absolute atomic E-state index is 11.9. The standard InChI is InChI=1S/C24H33N7O3/c1-9-30(10-2)20-11-18(26-16(4)33)19(12-21(20)34-8)27-28-23-17(13-25)22(24(5,6)7)29-31(23)14-15(3)32/h11-12H,9-10,14H2,1-8H3,(H,26,33)/b28-27+. The summed E-state index contributed by atoms with van der Waals surface area (Å²) >= 11 is 0. The highest BCUT2D eigenvalue weighted by Crippen LogP contribution is 2.40. The molecule has 1 aromatic heterocycles. The molecule has 10 heteroatoms. The predicted octanol–water partition coefficient (Wildman–Crippen LogP) is 4.87. The Morgan fingerprint density at radius 3 is 2.32 bits per heavy atom. The molecule has 1 aromatic carbocycles. The van der Waals surface area contributed by atoms with Crippen molar-refractivity contribution in [3.8, 4) is 11.8 Å². The topological polar surface area (TPSA) is 125 Å². The van der Waals surface area contributed by atoms with Crippen molar-refractivity contribution in [1.82, 2.24) is 9.78 Å². The lowest BCUT2D eigenvalue weighted by molar-refractivity contribution is -0.117. The first kappa shape index (κ1) is 26.5. The fourth-order valence-electron chi connectivity index (χ4n) is 3.51. The van der Waals surface area contributed by atoms with E-state index in [4.69, 9.17) is 4.74 Å². The number of Topliss-reactive ketones (excluding diaryl/α,β-unsaturated/α-hetero) is 1. The van der Waals surface area contributed by atoms with Crippen LogP contribution < -0.4 is 15.0 Å². The quantitative estimate of drug-likeness (QED) is 0.525. The number of nitrogens with one attached hydrogen (secondary N) is 1. The second kappa shape index (κ2) is 10.9. The van der Waals surface area contributed by atoms with E-state index in [-0.39, 0.29) is 29.6 Å². The van der Waals surface area contributed by atoms with Crippen molar-refractivity contribution in [3.63, 3.8) is 0 Å². The van der Waals surface area contributed by atoms with Crippen LogP contribution in [-0.4, -0.2) is 41.7 Å². The highest BCUT2D eigenvalue weighted by atomic mass is 16.5. The molecule has 0 saturated carbocycles. The van der Waals surface area contributed by atoms with Crippen LogP contribution in [0.3, 0.4) is 0 Å². The van der Waals surface area contributed by atoms with Gasteiger partial charge in [0, 0.05) is 31.5 Å². The smallest absolute Gasteiger partial charge is 0.221 e. The molecule has 0 aliphatic carbocycles. The maximum Gasteiger partial charge on any atom is 0.221 e. The summed E-state index contributed by atoms with van der Waals surface area (Å²) in [5.41, 5.74) is 1.95. The molecule has 1 amide bonds. The zero-order chi connectivity index (χ0) is 25.6. The third-order valence-corrected chi connectivity index (χ3v) is 5.08. The van der Waals surface area contributed by atoms with Gasteiger partial charge in [0.05, 0.1) is 24.2 Å². The molecular weight excluding hydrogens is 434 g/mol. The van der Waals surface area contributed by atoms with Gasteiger partial charge in [-0.2, -0.15) is 10.4 Å². The summed E-state index contributed by atoms with van der Waals surface area (Å²) in [5, 5.41) is 25.8. The number of nitrogens with zero attached hydrogens (tertiary/aromatic N) is 6. The van der Waals surface area contributed by atoms with Crippen molar-refractivity contribution in [3.05, 3.63) is 23.4 Å². The summed E-state index contributed by atoms with van der Waals surface area (Å²) in [4.78, 5) is 25.8. The number of amides is 1. The van der Waals surface area contributed by atoms with Crippen LogP contribution >= 0.6 is 0 Å². The number of aromatic nitrogens is 2. The molecule has 34 heavy (non-hydrogen) atoms. The van der Waals surface area contributed by atoms with Crippen molar-refractivity contribution in [2.24, 2.45) is 10.2 Å². The Hall–Kier alpha value is -3.74. The van der Waals surface area contributed by atoms with Gasteiger partial charge in [0.2, 0.25) is 5.91 Å². The first-order valence-corrected chi connectivity index (χ1v) is 11.1. The van der Waals surface area contributed by atoms with Crippen LogP contribution in [0.1, 0.15) is 59.7 Å². The molecular formula is C24H33N7O3. The van der Waals surface area contributed by atoms with E-state index in [0.29, 0.717) is 22.8 Å². The summed E-state index contributed by atoms with van der Waals surface area (Å²) < 4.78 is 6.98. The number of ether oxygens (including phenoxy) is 1. The molecule has 0 spiro atoms. The van der Waals surface area contributed by atoms with E-state index in [1.54, 1.807) is 19.2 Å². The number of nitriles is 1. The highest BCUT2D eigenvalue weighted by molar-refractivity contribution is 5.93. The van der Waals surface area contributed by atoms with Crippen LogP contribution in [0, 0.1) is 11.3 Å².